The molecule has 1 heterocycles. The molecule has 0 aliphatic heterocycles. The van der Waals surface area contributed by atoms with Crippen molar-refractivity contribution in [2.75, 3.05) is 6.61 Å². The van der Waals surface area contributed by atoms with Gasteiger partial charge in [-0.05, 0) is 42.8 Å². The van der Waals surface area contributed by atoms with Gasteiger partial charge in [-0.3, -0.25) is 4.79 Å². The van der Waals surface area contributed by atoms with E-state index in [0.717, 1.165) is 30.2 Å². The predicted octanol–water partition coefficient (Wildman–Crippen LogP) is 5.01. The molecule has 0 radical (unpaired) electrons. The Morgan fingerprint density at radius 3 is 2.64 bits per heavy atom. The minimum atomic E-state index is -0.532. The number of unbranched alkanes of at least 4 members (excludes halogenated alkanes) is 1. The number of hydrogen-bond acceptors (Lipinski definition) is 6. The van der Waals surface area contributed by atoms with Gasteiger partial charge < -0.3 is 19.5 Å². The fraction of sp³-hybridized carbons (Fsp3) is 0.182. The van der Waals surface area contributed by atoms with E-state index in [2.05, 4.69) is 12.1 Å². The monoisotopic (exact) mass is 379 g/mol. The fourth-order valence-corrected chi connectivity index (χ4v) is 2.54. The van der Waals surface area contributed by atoms with Crippen LogP contribution in [0.3, 0.4) is 0 Å². The third-order valence-corrected chi connectivity index (χ3v) is 4.12. The lowest BCUT2D eigenvalue weighted by atomic mass is 10.1. The summed E-state index contributed by atoms with van der Waals surface area (Å²) in [6, 6.07) is 15.0. The Morgan fingerprint density at radius 1 is 1.18 bits per heavy atom. The van der Waals surface area contributed by atoms with Gasteiger partial charge in [0.1, 0.15) is 17.3 Å². The smallest absolute Gasteiger partial charge is 0.211 e. The highest BCUT2D eigenvalue weighted by atomic mass is 16.5. The predicted molar refractivity (Wildman–Crippen MR) is 105 cm³/mol. The average Bonchev–Trinajstić information content (AvgIpc) is 3.19. The highest BCUT2D eigenvalue weighted by Gasteiger charge is 2.14. The van der Waals surface area contributed by atoms with Crippen LogP contribution in [0, 0.1) is 0 Å². The van der Waals surface area contributed by atoms with Crippen LogP contribution in [0.15, 0.2) is 65.2 Å². The van der Waals surface area contributed by atoms with Crippen molar-refractivity contribution in [3.05, 3.63) is 71.9 Å². The molecule has 3 aromatic rings. The molecule has 0 spiro atoms. The van der Waals surface area contributed by atoms with E-state index in [0.29, 0.717) is 12.4 Å². The van der Waals surface area contributed by atoms with Gasteiger partial charge in [0.05, 0.1) is 12.2 Å². The number of ketones is 1. The first-order valence-corrected chi connectivity index (χ1v) is 9.01. The number of phenols is 1. The minimum absolute atomic E-state index is 0.0558. The number of carbonyl (C=O) groups is 1. The number of hydrogen-bond donors (Lipinski definition) is 2. The minimum Gasteiger partial charge on any atom is -0.507 e. The Balaban J connectivity index is 1.72. The summed E-state index contributed by atoms with van der Waals surface area (Å²) in [7, 11) is 0. The zero-order valence-electron chi connectivity index (χ0n) is 15.5. The molecule has 2 N–H and O–H groups in total. The molecule has 6 heteroatoms. The second kappa shape index (κ2) is 8.90. The molecule has 0 aliphatic rings. The summed E-state index contributed by atoms with van der Waals surface area (Å²) >= 11 is 0. The Kier molecular flexibility index (Phi) is 6.11. The van der Waals surface area contributed by atoms with Crippen LogP contribution in [0.2, 0.25) is 0 Å². The van der Waals surface area contributed by atoms with Crippen LogP contribution in [-0.4, -0.2) is 27.8 Å². The first-order valence-electron chi connectivity index (χ1n) is 9.01. The first kappa shape index (κ1) is 19.2. The van der Waals surface area contributed by atoms with E-state index in [4.69, 9.17) is 9.26 Å². The molecule has 28 heavy (non-hydrogen) atoms. The number of nitrogens with zero attached hydrogens (tertiary/aromatic N) is 1. The zero-order valence-corrected chi connectivity index (χ0v) is 15.5. The van der Waals surface area contributed by atoms with Gasteiger partial charge in [-0.15, -0.1) is 0 Å². The van der Waals surface area contributed by atoms with Crippen molar-refractivity contribution in [2.45, 2.75) is 19.8 Å². The molecule has 1 aromatic heterocycles. The molecule has 144 valence electrons. The average molecular weight is 379 g/mol. The maximum Gasteiger partial charge on any atom is 0.211 e. The van der Waals surface area contributed by atoms with Crippen molar-refractivity contribution >= 4 is 11.5 Å². The molecule has 0 atom stereocenters. The van der Waals surface area contributed by atoms with E-state index in [9.17, 15) is 15.0 Å². The summed E-state index contributed by atoms with van der Waals surface area (Å²) in [5, 5.41) is 23.6. The summed E-state index contributed by atoms with van der Waals surface area (Å²) in [6.45, 7) is 2.77. The zero-order chi connectivity index (χ0) is 19.9. The molecule has 0 aliphatic carbocycles. The maximum absolute atomic E-state index is 12.3. The Bertz CT molecular complexity index is 973. The lowest BCUT2D eigenvalue weighted by Gasteiger charge is -2.05. The van der Waals surface area contributed by atoms with Crippen molar-refractivity contribution < 1.29 is 24.3 Å². The number of para-hydroxylation sites is 1. The number of aromatic hydroxyl groups is 1. The number of phenolic OH excluding ortho intramolecular Hbond substituents is 1. The second-order valence-corrected chi connectivity index (χ2v) is 6.21. The number of allylic oxidation sites excluding steroid dienone is 1. The van der Waals surface area contributed by atoms with Gasteiger partial charge in [0.15, 0.2) is 11.5 Å². The first-order chi connectivity index (χ1) is 13.6. The van der Waals surface area contributed by atoms with Gasteiger partial charge in [-0.25, -0.2) is 0 Å². The molecule has 0 unspecified atom stereocenters. The van der Waals surface area contributed by atoms with Gasteiger partial charge in [0, 0.05) is 17.7 Å². The van der Waals surface area contributed by atoms with E-state index >= 15 is 0 Å². The van der Waals surface area contributed by atoms with Crippen molar-refractivity contribution in [3.8, 4) is 22.8 Å². The van der Waals surface area contributed by atoms with Gasteiger partial charge >= 0.3 is 0 Å². The molecular weight excluding hydrogens is 358 g/mol. The Labute approximate surface area is 162 Å². The van der Waals surface area contributed by atoms with Crippen LogP contribution in [0.25, 0.3) is 17.1 Å². The molecule has 3 rings (SSSR count). The topological polar surface area (TPSA) is 92.8 Å². The lowest BCUT2D eigenvalue weighted by Crippen LogP contribution is -1.97. The van der Waals surface area contributed by atoms with Crippen molar-refractivity contribution in [3.63, 3.8) is 0 Å². The number of aliphatic hydroxyl groups is 1. The van der Waals surface area contributed by atoms with Crippen LogP contribution < -0.4 is 4.74 Å². The summed E-state index contributed by atoms with van der Waals surface area (Å²) < 4.78 is 10.9. The number of benzene rings is 2. The summed E-state index contributed by atoms with van der Waals surface area (Å²) in [6.07, 6.45) is 3.07. The fourth-order valence-electron chi connectivity index (χ4n) is 2.54. The molecule has 0 saturated carbocycles. The second-order valence-electron chi connectivity index (χ2n) is 6.21. The molecule has 0 saturated heterocycles. The number of ether oxygens (including phenoxy) is 1. The molecular formula is C22H21NO5. The van der Waals surface area contributed by atoms with E-state index in [1.165, 1.54) is 18.2 Å². The van der Waals surface area contributed by atoms with Crippen LogP contribution in [-0.2, 0) is 0 Å². The highest BCUT2D eigenvalue weighted by Crippen LogP contribution is 2.25. The number of aromatic nitrogens is 1. The number of aliphatic hydroxyl groups excluding tert-OH is 1. The lowest BCUT2D eigenvalue weighted by molar-refractivity contribution is 0.103. The van der Waals surface area contributed by atoms with E-state index < -0.39 is 5.78 Å². The molecule has 0 fully saturated rings. The van der Waals surface area contributed by atoms with Crippen LogP contribution in [0.5, 0.6) is 11.5 Å². The van der Waals surface area contributed by atoms with Gasteiger partial charge in [-0.1, -0.05) is 30.6 Å². The SMILES string of the molecule is CCCCOc1ccc(-c2cc(C(=O)/C=C(\O)c3ccccc3O)no2)cc1. The molecule has 0 bridgehead atoms. The number of rotatable bonds is 8. The standard InChI is InChI=1S/C22H21NO5/c1-2-3-12-27-16-10-8-15(9-11-16)22-13-18(23-28-22)21(26)14-20(25)17-6-4-5-7-19(17)24/h4-11,13-14,24-25H,2-3,12H2,1H3/b20-14-. The van der Waals surface area contributed by atoms with E-state index in [1.807, 2.05) is 24.3 Å². The summed E-state index contributed by atoms with van der Waals surface area (Å²) in [5.74, 6) is 0.199. The third kappa shape index (κ3) is 4.59. The largest absolute Gasteiger partial charge is 0.507 e. The van der Waals surface area contributed by atoms with Crippen LogP contribution in [0.4, 0.5) is 0 Å². The Morgan fingerprint density at radius 2 is 1.93 bits per heavy atom. The summed E-state index contributed by atoms with van der Waals surface area (Å²) in [4.78, 5) is 12.3. The van der Waals surface area contributed by atoms with Gasteiger partial charge in [-0.2, -0.15) is 0 Å². The van der Waals surface area contributed by atoms with Crippen molar-refractivity contribution in [1.82, 2.24) is 5.16 Å². The number of carbonyl (C=O) groups excluding carboxylic acids is 1. The summed E-state index contributed by atoms with van der Waals surface area (Å²) in [5.41, 5.74) is 0.974. The normalized spacial score (nSPS) is 11.4. The van der Waals surface area contributed by atoms with E-state index in [-0.39, 0.29) is 22.8 Å². The van der Waals surface area contributed by atoms with Crippen molar-refractivity contribution in [1.29, 1.82) is 0 Å². The van der Waals surface area contributed by atoms with Gasteiger partial charge in [0.25, 0.3) is 0 Å². The molecule has 2 aromatic carbocycles. The van der Waals surface area contributed by atoms with Crippen molar-refractivity contribution in [2.24, 2.45) is 0 Å². The Hall–Kier alpha value is -3.54. The maximum atomic E-state index is 12.3. The van der Waals surface area contributed by atoms with Crippen LogP contribution in [0.1, 0.15) is 35.8 Å². The van der Waals surface area contributed by atoms with E-state index in [1.54, 1.807) is 12.1 Å². The highest BCUT2D eigenvalue weighted by molar-refractivity contribution is 6.07. The van der Waals surface area contributed by atoms with Crippen LogP contribution >= 0.6 is 0 Å². The third-order valence-electron chi connectivity index (χ3n) is 4.12. The molecule has 0 amide bonds. The van der Waals surface area contributed by atoms with Gasteiger partial charge in [0.2, 0.25) is 5.78 Å². The molecule has 6 nitrogen and oxygen atoms in total. The quantitative estimate of drug-likeness (QED) is 0.247.